The molecule has 33 heavy (non-hydrogen) atoms. The predicted molar refractivity (Wildman–Crippen MR) is 124 cm³/mol. The highest BCUT2D eigenvalue weighted by atomic mass is 16.6. The largest absolute Gasteiger partial charge is 0.286 e. The number of benzene rings is 1. The number of non-ortho nitro benzene ring substituents is 1. The lowest BCUT2D eigenvalue weighted by molar-refractivity contribution is -0.384. The van der Waals surface area contributed by atoms with Gasteiger partial charge < -0.3 is 0 Å². The molecule has 0 spiro atoms. The normalized spacial score (nSPS) is 17.4. The number of nitro benzene ring substituents is 1. The highest BCUT2D eigenvalue weighted by Gasteiger charge is 2.33. The minimum atomic E-state index is -0.696. The van der Waals surface area contributed by atoms with Crippen LogP contribution < -0.4 is 0 Å². The second-order valence-electron chi connectivity index (χ2n) is 10.2. The summed E-state index contributed by atoms with van der Waals surface area (Å²) in [6, 6.07) is 4.25. The summed E-state index contributed by atoms with van der Waals surface area (Å²) in [7, 11) is 0. The Hall–Kier alpha value is -3.74. The zero-order valence-electron chi connectivity index (χ0n) is 19.4. The van der Waals surface area contributed by atoms with E-state index in [1.165, 1.54) is 24.3 Å². The van der Waals surface area contributed by atoms with E-state index in [4.69, 9.17) is 0 Å². The molecular formula is C26H25NO6. The van der Waals surface area contributed by atoms with Gasteiger partial charge in [-0.3, -0.25) is 29.3 Å². The molecule has 0 fully saturated rings. The second kappa shape index (κ2) is 7.99. The van der Waals surface area contributed by atoms with Crippen LogP contribution in [0.1, 0.15) is 52.7 Å². The van der Waals surface area contributed by atoms with Crippen molar-refractivity contribution in [3.63, 3.8) is 0 Å². The van der Waals surface area contributed by atoms with Crippen LogP contribution in [-0.4, -0.2) is 28.1 Å². The molecule has 0 N–H and O–H groups in total. The van der Waals surface area contributed by atoms with Gasteiger partial charge in [0.05, 0.1) is 4.92 Å². The quantitative estimate of drug-likeness (QED) is 0.289. The van der Waals surface area contributed by atoms with Gasteiger partial charge in [-0.05, 0) is 63.5 Å². The third kappa shape index (κ3) is 4.72. The van der Waals surface area contributed by atoms with Crippen LogP contribution in [0.2, 0.25) is 0 Å². The summed E-state index contributed by atoms with van der Waals surface area (Å²) in [6.45, 7) is 10.8. The molecule has 2 aliphatic carbocycles. The topological polar surface area (TPSA) is 111 Å². The first-order chi connectivity index (χ1) is 15.1. The Bertz CT molecular complexity index is 1170. The molecule has 7 heteroatoms. The summed E-state index contributed by atoms with van der Waals surface area (Å²) in [5, 5.41) is 11.6. The van der Waals surface area contributed by atoms with Crippen molar-refractivity contribution < 1.29 is 24.1 Å². The van der Waals surface area contributed by atoms with Crippen LogP contribution in [0.15, 0.2) is 53.6 Å². The van der Waals surface area contributed by atoms with E-state index in [-0.39, 0.29) is 5.69 Å². The lowest BCUT2D eigenvalue weighted by Gasteiger charge is -2.25. The fraction of sp³-hybridized carbons (Fsp3) is 0.308. The van der Waals surface area contributed by atoms with E-state index in [9.17, 15) is 29.3 Å². The Labute approximate surface area is 191 Å². The molecular weight excluding hydrogens is 422 g/mol. The van der Waals surface area contributed by atoms with E-state index in [2.05, 4.69) is 0 Å². The van der Waals surface area contributed by atoms with Crippen molar-refractivity contribution in [1.29, 1.82) is 0 Å². The molecule has 0 saturated carbocycles. The zero-order chi connectivity index (χ0) is 24.9. The lowest BCUT2D eigenvalue weighted by Crippen LogP contribution is -2.26. The van der Waals surface area contributed by atoms with Crippen LogP contribution >= 0.6 is 0 Å². The molecule has 0 atom stereocenters. The van der Waals surface area contributed by atoms with Crippen LogP contribution in [0.25, 0.3) is 11.1 Å². The van der Waals surface area contributed by atoms with Crippen LogP contribution in [0.4, 0.5) is 5.69 Å². The number of hydrogen-bond acceptors (Lipinski definition) is 6. The Morgan fingerprint density at radius 3 is 1.30 bits per heavy atom. The molecule has 2 aliphatic rings. The van der Waals surface area contributed by atoms with E-state index in [0.717, 1.165) is 0 Å². The Kier molecular flexibility index (Phi) is 5.79. The molecule has 0 saturated heterocycles. The number of rotatable bonds is 3. The number of carbonyl (C=O) groups excluding carboxylic acids is 4. The van der Waals surface area contributed by atoms with Crippen LogP contribution in [0, 0.1) is 20.9 Å². The maximum Gasteiger partial charge on any atom is 0.270 e. The molecule has 170 valence electrons. The van der Waals surface area contributed by atoms with Gasteiger partial charge in [-0.15, -0.1) is 0 Å². The first-order valence-corrected chi connectivity index (χ1v) is 10.4. The highest BCUT2D eigenvalue weighted by Crippen LogP contribution is 2.37. The molecule has 0 aromatic heterocycles. The molecule has 3 rings (SSSR count). The Morgan fingerprint density at radius 1 is 0.636 bits per heavy atom. The van der Waals surface area contributed by atoms with Gasteiger partial charge >= 0.3 is 0 Å². The average molecular weight is 447 g/mol. The number of ketones is 4. The molecule has 0 unspecified atom stereocenters. The standard InChI is InChI=1S/C26H25NO6/c1-25(2,3)19-10-16(12-21(28)23(19)30)14-7-15(9-18(8-14)27(32)33)17-11-20(26(4,5)6)24(31)22(29)13-17/h7-13H,1-6H3. The van der Waals surface area contributed by atoms with Crippen molar-refractivity contribution in [2.45, 2.75) is 41.5 Å². The summed E-state index contributed by atoms with van der Waals surface area (Å²) in [5.74, 6) is -2.60. The van der Waals surface area contributed by atoms with Gasteiger partial charge in [0.25, 0.3) is 5.69 Å². The molecule has 7 nitrogen and oxygen atoms in total. The Morgan fingerprint density at radius 2 is 1.00 bits per heavy atom. The summed E-state index contributed by atoms with van der Waals surface area (Å²) < 4.78 is 0. The number of carbonyl (C=O) groups is 4. The zero-order valence-corrected chi connectivity index (χ0v) is 19.4. The molecule has 1 aromatic rings. The van der Waals surface area contributed by atoms with Crippen LogP contribution in [-0.2, 0) is 19.2 Å². The summed E-state index contributed by atoms with van der Waals surface area (Å²) in [4.78, 5) is 60.6. The van der Waals surface area contributed by atoms with Crippen molar-refractivity contribution in [2.75, 3.05) is 0 Å². The van der Waals surface area contributed by atoms with Crippen molar-refractivity contribution in [3.05, 3.63) is 74.9 Å². The summed E-state index contributed by atoms with van der Waals surface area (Å²) in [5.41, 5.74) is 0.639. The van der Waals surface area contributed by atoms with E-state index in [1.807, 2.05) is 0 Å². The van der Waals surface area contributed by atoms with E-state index >= 15 is 0 Å². The number of nitro groups is 1. The van der Waals surface area contributed by atoms with Gasteiger partial charge in [0, 0.05) is 23.3 Å². The molecule has 0 radical (unpaired) electrons. The van der Waals surface area contributed by atoms with Gasteiger partial charge in [-0.1, -0.05) is 41.5 Å². The molecule has 0 aliphatic heterocycles. The van der Waals surface area contributed by atoms with Crippen molar-refractivity contribution in [2.24, 2.45) is 10.8 Å². The fourth-order valence-electron chi connectivity index (χ4n) is 3.70. The Balaban J connectivity index is 2.23. The highest BCUT2D eigenvalue weighted by molar-refractivity contribution is 6.50. The third-order valence-electron chi connectivity index (χ3n) is 5.52. The minimum Gasteiger partial charge on any atom is -0.286 e. The molecule has 0 heterocycles. The average Bonchev–Trinajstić information content (AvgIpc) is 2.69. The predicted octanol–water partition coefficient (Wildman–Crippen LogP) is 4.61. The first-order valence-electron chi connectivity index (χ1n) is 10.4. The van der Waals surface area contributed by atoms with E-state index in [0.29, 0.717) is 33.4 Å². The minimum absolute atomic E-state index is 0.241. The van der Waals surface area contributed by atoms with Crippen molar-refractivity contribution in [3.8, 4) is 0 Å². The van der Waals surface area contributed by atoms with E-state index < -0.39 is 38.9 Å². The molecule has 0 amide bonds. The number of hydrogen-bond donors (Lipinski definition) is 0. The SMILES string of the molecule is CC(C)(C)C1=CC(c2cc(C3=CC(=O)C(=O)C(C(C)(C)C)=C3)cc([N+](=O)[O-])c2)=CC(=O)C1=O. The van der Waals surface area contributed by atoms with Crippen molar-refractivity contribution in [1.82, 2.24) is 0 Å². The maximum atomic E-state index is 12.4. The van der Waals surface area contributed by atoms with E-state index in [1.54, 1.807) is 59.8 Å². The summed E-state index contributed by atoms with van der Waals surface area (Å²) in [6.07, 6.45) is 5.49. The van der Waals surface area contributed by atoms with Crippen LogP contribution in [0.5, 0.6) is 0 Å². The maximum absolute atomic E-state index is 12.4. The van der Waals surface area contributed by atoms with Crippen LogP contribution in [0.3, 0.4) is 0 Å². The van der Waals surface area contributed by atoms with Gasteiger partial charge in [-0.25, -0.2) is 0 Å². The van der Waals surface area contributed by atoms with Gasteiger partial charge in [-0.2, -0.15) is 0 Å². The number of nitrogens with zero attached hydrogens (tertiary/aromatic N) is 1. The number of allylic oxidation sites excluding steroid dienone is 8. The lowest BCUT2D eigenvalue weighted by atomic mass is 9.77. The molecule has 1 aromatic carbocycles. The van der Waals surface area contributed by atoms with Gasteiger partial charge in [0.15, 0.2) is 0 Å². The smallest absolute Gasteiger partial charge is 0.270 e. The number of Topliss-reactive ketones (excluding diaryl/α,β-unsaturated/α-hetero) is 2. The first kappa shape index (κ1) is 23.9. The van der Waals surface area contributed by atoms with Crippen molar-refractivity contribution >= 4 is 40.0 Å². The molecule has 0 bridgehead atoms. The second-order valence-corrected chi connectivity index (χ2v) is 10.2. The fourth-order valence-corrected chi connectivity index (χ4v) is 3.70. The van der Waals surface area contributed by atoms with Gasteiger partial charge in [0.1, 0.15) is 0 Å². The third-order valence-corrected chi connectivity index (χ3v) is 5.52. The summed E-state index contributed by atoms with van der Waals surface area (Å²) >= 11 is 0. The van der Waals surface area contributed by atoms with Gasteiger partial charge in [0.2, 0.25) is 23.1 Å². The monoisotopic (exact) mass is 447 g/mol.